The van der Waals surface area contributed by atoms with E-state index in [0.717, 1.165) is 5.56 Å². The van der Waals surface area contributed by atoms with Crippen molar-refractivity contribution >= 4 is 23.1 Å². The Bertz CT molecular complexity index is 557. The molecule has 0 radical (unpaired) electrons. The van der Waals surface area contributed by atoms with Gasteiger partial charge < -0.3 is 10.6 Å². The van der Waals surface area contributed by atoms with Crippen molar-refractivity contribution in [2.45, 2.75) is 13.5 Å². The highest BCUT2D eigenvalue weighted by Gasteiger charge is 2.15. The van der Waals surface area contributed by atoms with Crippen LogP contribution in [-0.2, 0) is 6.54 Å². The standard InChI is InChI=1S/C13H14FN3OS/c1-2-15-12-11(14)10(3-5-16-12)13(18)17-7-9-4-6-19-8-9/h3-6,8H,2,7H2,1H3,(H,15,16)(H,17,18). The maximum absolute atomic E-state index is 14.0. The Hall–Kier alpha value is -1.95. The second kappa shape index (κ2) is 6.29. The van der Waals surface area contributed by atoms with E-state index in [1.165, 1.54) is 12.3 Å². The molecule has 4 nitrogen and oxygen atoms in total. The van der Waals surface area contributed by atoms with Crippen molar-refractivity contribution in [2.75, 3.05) is 11.9 Å². The summed E-state index contributed by atoms with van der Waals surface area (Å²) in [4.78, 5) is 15.8. The van der Waals surface area contributed by atoms with Crippen LogP contribution in [0.4, 0.5) is 10.2 Å². The fourth-order valence-electron chi connectivity index (χ4n) is 1.58. The molecule has 0 aliphatic carbocycles. The zero-order valence-corrected chi connectivity index (χ0v) is 11.3. The van der Waals surface area contributed by atoms with Crippen LogP contribution in [0.15, 0.2) is 29.1 Å². The molecule has 19 heavy (non-hydrogen) atoms. The predicted molar refractivity (Wildman–Crippen MR) is 73.8 cm³/mol. The van der Waals surface area contributed by atoms with Crippen LogP contribution in [0, 0.1) is 5.82 Å². The number of halogens is 1. The molecule has 0 aliphatic heterocycles. The minimum Gasteiger partial charge on any atom is -0.368 e. The number of pyridine rings is 1. The number of aromatic nitrogens is 1. The van der Waals surface area contributed by atoms with Crippen LogP contribution in [0.3, 0.4) is 0 Å². The second-order valence-corrected chi connectivity index (χ2v) is 4.65. The molecule has 0 saturated heterocycles. The van der Waals surface area contributed by atoms with Gasteiger partial charge in [-0.15, -0.1) is 0 Å². The van der Waals surface area contributed by atoms with E-state index in [1.807, 2.05) is 23.8 Å². The number of carbonyl (C=O) groups excluding carboxylic acids is 1. The second-order valence-electron chi connectivity index (χ2n) is 3.87. The van der Waals surface area contributed by atoms with E-state index in [9.17, 15) is 9.18 Å². The summed E-state index contributed by atoms with van der Waals surface area (Å²) in [5.41, 5.74) is 1.00. The summed E-state index contributed by atoms with van der Waals surface area (Å²) in [7, 11) is 0. The Morgan fingerprint density at radius 1 is 1.47 bits per heavy atom. The normalized spacial score (nSPS) is 10.2. The summed E-state index contributed by atoms with van der Waals surface area (Å²) in [6.07, 6.45) is 1.42. The van der Waals surface area contributed by atoms with Gasteiger partial charge in [-0.05, 0) is 35.4 Å². The molecule has 0 atom stereocenters. The predicted octanol–water partition coefficient (Wildman–Crippen LogP) is 2.64. The quantitative estimate of drug-likeness (QED) is 0.884. The molecule has 6 heteroatoms. The van der Waals surface area contributed by atoms with Gasteiger partial charge in [0.05, 0.1) is 5.56 Å². The number of nitrogens with zero attached hydrogens (tertiary/aromatic N) is 1. The summed E-state index contributed by atoms with van der Waals surface area (Å²) in [6, 6.07) is 3.29. The lowest BCUT2D eigenvalue weighted by Crippen LogP contribution is -2.24. The fourth-order valence-corrected chi connectivity index (χ4v) is 2.25. The monoisotopic (exact) mass is 279 g/mol. The molecule has 0 spiro atoms. The number of hydrogen-bond acceptors (Lipinski definition) is 4. The maximum atomic E-state index is 14.0. The first-order chi connectivity index (χ1) is 9.22. The van der Waals surface area contributed by atoms with Crippen LogP contribution in [-0.4, -0.2) is 17.4 Å². The van der Waals surface area contributed by atoms with Gasteiger partial charge in [-0.2, -0.15) is 11.3 Å². The molecular formula is C13H14FN3OS. The number of hydrogen-bond donors (Lipinski definition) is 2. The average molecular weight is 279 g/mol. The molecule has 0 aliphatic rings. The average Bonchev–Trinajstić information content (AvgIpc) is 2.92. The van der Waals surface area contributed by atoms with Crippen LogP contribution in [0.5, 0.6) is 0 Å². The lowest BCUT2D eigenvalue weighted by Gasteiger charge is -2.08. The summed E-state index contributed by atoms with van der Waals surface area (Å²) >= 11 is 1.55. The van der Waals surface area contributed by atoms with Gasteiger partial charge in [-0.1, -0.05) is 0 Å². The van der Waals surface area contributed by atoms with Crippen LogP contribution in [0.2, 0.25) is 0 Å². The zero-order chi connectivity index (χ0) is 13.7. The van der Waals surface area contributed by atoms with Gasteiger partial charge in [0.1, 0.15) is 0 Å². The van der Waals surface area contributed by atoms with Gasteiger partial charge in [0, 0.05) is 19.3 Å². The third-order valence-electron chi connectivity index (χ3n) is 2.51. The Morgan fingerprint density at radius 3 is 3.00 bits per heavy atom. The molecule has 0 bridgehead atoms. The summed E-state index contributed by atoms with van der Waals surface area (Å²) in [5.74, 6) is -0.955. The first kappa shape index (κ1) is 13.5. The van der Waals surface area contributed by atoms with Gasteiger partial charge in [-0.3, -0.25) is 4.79 Å². The van der Waals surface area contributed by atoms with Crippen molar-refractivity contribution in [3.8, 4) is 0 Å². The molecule has 1 amide bonds. The van der Waals surface area contributed by atoms with Gasteiger partial charge in [0.15, 0.2) is 11.6 Å². The number of rotatable bonds is 5. The lowest BCUT2D eigenvalue weighted by molar-refractivity contribution is 0.0947. The Labute approximate surface area is 114 Å². The Balaban J connectivity index is 2.08. The van der Waals surface area contributed by atoms with E-state index in [1.54, 1.807) is 11.3 Å². The number of amides is 1. The van der Waals surface area contributed by atoms with E-state index >= 15 is 0 Å². The van der Waals surface area contributed by atoms with E-state index in [0.29, 0.717) is 13.1 Å². The smallest absolute Gasteiger partial charge is 0.254 e. The maximum Gasteiger partial charge on any atom is 0.254 e. The highest BCUT2D eigenvalue weighted by atomic mass is 32.1. The lowest BCUT2D eigenvalue weighted by atomic mass is 10.2. The molecule has 0 saturated carbocycles. The van der Waals surface area contributed by atoms with Gasteiger partial charge in [0.2, 0.25) is 0 Å². The Morgan fingerprint density at radius 2 is 2.32 bits per heavy atom. The topological polar surface area (TPSA) is 54.0 Å². The van der Waals surface area contributed by atoms with E-state index in [4.69, 9.17) is 0 Å². The van der Waals surface area contributed by atoms with Crippen molar-refractivity contribution in [1.82, 2.24) is 10.3 Å². The molecule has 2 N–H and O–H groups in total. The van der Waals surface area contributed by atoms with E-state index in [2.05, 4.69) is 15.6 Å². The third kappa shape index (κ3) is 3.29. The SMILES string of the molecule is CCNc1nccc(C(=O)NCc2ccsc2)c1F. The fraction of sp³-hybridized carbons (Fsp3) is 0.231. The van der Waals surface area contributed by atoms with E-state index < -0.39 is 11.7 Å². The van der Waals surface area contributed by atoms with Gasteiger partial charge in [0.25, 0.3) is 5.91 Å². The van der Waals surface area contributed by atoms with Crippen LogP contribution >= 0.6 is 11.3 Å². The zero-order valence-electron chi connectivity index (χ0n) is 10.4. The largest absolute Gasteiger partial charge is 0.368 e. The molecule has 2 aromatic rings. The molecule has 2 rings (SSSR count). The van der Waals surface area contributed by atoms with Crippen LogP contribution < -0.4 is 10.6 Å². The summed E-state index contributed by atoms with van der Waals surface area (Å²) in [5, 5.41) is 9.33. The Kier molecular flexibility index (Phi) is 4.46. The van der Waals surface area contributed by atoms with Gasteiger partial charge in [-0.25, -0.2) is 9.37 Å². The molecule has 100 valence electrons. The molecule has 0 fully saturated rings. The minimum absolute atomic E-state index is 0.00109. The van der Waals surface area contributed by atoms with Crippen molar-refractivity contribution in [3.05, 3.63) is 46.0 Å². The van der Waals surface area contributed by atoms with Crippen molar-refractivity contribution in [3.63, 3.8) is 0 Å². The highest BCUT2D eigenvalue weighted by Crippen LogP contribution is 2.15. The summed E-state index contributed by atoms with van der Waals surface area (Å²) < 4.78 is 14.0. The number of anilines is 1. The van der Waals surface area contributed by atoms with Crippen molar-refractivity contribution < 1.29 is 9.18 Å². The first-order valence-corrected chi connectivity index (χ1v) is 6.84. The first-order valence-electron chi connectivity index (χ1n) is 5.90. The molecule has 2 aromatic heterocycles. The van der Waals surface area contributed by atoms with Gasteiger partial charge >= 0.3 is 0 Å². The minimum atomic E-state index is -0.618. The molecule has 2 heterocycles. The summed E-state index contributed by atoms with van der Waals surface area (Å²) in [6.45, 7) is 2.77. The number of thiophene rings is 1. The van der Waals surface area contributed by atoms with E-state index in [-0.39, 0.29) is 11.4 Å². The molecular weight excluding hydrogens is 265 g/mol. The third-order valence-corrected chi connectivity index (χ3v) is 3.24. The van der Waals surface area contributed by atoms with Crippen LogP contribution in [0.25, 0.3) is 0 Å². The molecule has 0 unspecified atom stereocenters. The van der Waals surface area contributed by atoms with Crippen LogP contribution in [0.1, 0.15) is 22.8 Å². The molecule has 0 aromatic carbocycles. The van der Waals surface area contributed by atoms with Crippen molar-refractivity contribution in [2.24, 2.45) is 0 Å². The number of nitrogens with one attached hydrogen (secondary N) is 2. The van der Waals surface area contributed by atoms with Crippen molar-refractivity contribution in [1.29, 1.82) is 0 Å². The highest BCUT2D eigenvalue weighted by molar-refractivity contribution is 7.07. The number of carbonyl (C=O) groups is 1.